The number of fused-ring (bicyclic) bond motifs is 5. The summed E-state index contributed by atoms with van der Waals surface area (Å²) in [5, 5.41) is 0.419. The summed E-state index contributed by atoms with van der Waals surface area (Å²) in [6.07, 6.45) is 4.92. The number of hydrogen-bond acceptors (Lipinski definition) is 7. The third kappa shape index (κ3) is 4.46. The van der Waals surface area contributed by atoms with Crippen molar-refractivity contribution in [2.24, 2.45) is 34.5 Å². The average molecular weight is 558 g/mol. The topological polar surface area (TPSA) is 90.0 Å². The van der Waals surface area contributed by atoms with E-state index < -0.39 is 40.4 Å². The molecule has 0 saturated heterocycles. The molecular formula is C31H40ClNO6. The number of nitrogens with zero attached hydrogens (tertiary/aromatic N) is 1. The summed E-state index contributed by atoms with van der Waals surface area (Å²) in [7, 11) is 0. The van der Waals surface area contributed by atoms with Crippen molar-refractivity contribution < 1.29 is 28.7 Å². The fraction of sp³-hybridized carbons (Fsp3) is 0.613. The van der Waals surface area contributed by atoms with Crippen LogP contribution >= 0.6 is 11.6 Å². The summed E-state index contributed by atoms with van der Waals surface area (Å²) in [6.45, 7) is 20.5. The lowest BCUT2D eigenvalue weighted by atomic mass is 9.47. The molecule has 2 fully saturated rings. The molecule has 7 atom stereocenters. The van der Waals surface area contributed by atoms with E-state index in [0.717, 1.165) is 6.42 Å². The molecule has 0 aromatic heterocycles. The Hall–Kier alpha value is -2.51. The van der Waals surface area contributed by atoms with Crippen LogP contribution in [0.15, 0.2) is 47.1 Å². The molecule has 4 rings (SSSR count). The molecule has 0 radical (unpaired) electrons. The number of halogens is 1. The van der Waals surface area contributed by atoms with Gasteiger partial charge in [-0.25, -0.2) is 0 Å². The highest BCUT2D eigenvalue weighted by atomic mass is 35.5. The zero-order valence-corrected chi connectivity index (χ0v) is 24.7. The summed E-state index contributed by atoms with van der Waals surface area (Å²) < 4.78 is 12.2. The van der Waals surface area contributed by atoms with Gasteiger partial charge in [0.2, 0.25) is 0 Å². The summed E-state index contributed by atoms with van der Waals surface area (Å²) in [5.41, 5.74) is 0.363. The van der Waals surface area contributed by atoms with Gasteiger partial charge in [0.15, 0.2) is 5.78 Å². The van der Waals surface area contributed by atoms with Gasteiger partial charge in [-0.05, 0) is 67.3 Å². The quantitative estimate of drug-likeness (QED) is 0.243. The molecule has 8 heteroatoms. The van der Waals surface area contributed by atoms with Crippen molar-refractivity contribution in [3.05, 3.63) is 47.1 Å². The maximum absolute atomic E-state index is 13.4. The lowest BCUT2D eigenvalue weighted by Gasteiger charge is -2.58. The number of allylic oxidation sites excluding steroid dienone is 6. The zero-order valence-electron chi connectivity index (χ0n) is 23.9. The van der Waals surface area contributed by atoms with Crippen LogP contribution in [0.25, 0.3) is 0 Å². The minimum absolute atomic E-state index is 0.0338. The average Bonchev–Trinajstić information content (AvgIpc) is 3.11. The van der Waals surface area contributed by atoms with E-state index in [1.165, 1.54) is 6.92 Å². The Bertz CT molecular complexity index is 1210. The Balaban J connectivity index is 1.90. The summed E-state index contributed by atoms with van der Waals surface area (Å²) in [5.74, 6) is -4.40. The minimum atomic E-state index is -1.64. The predicted octanol–water partition coefficient (Wildman–Crippen LogP) is 5.15. The Morgan fingerprint density at radius 1 is 1.13 bits per heavy atom. The largest absolute Gasteiger partial charge is 0.422 e. The van der Waals surface area contributed by atoms with E-state index in [1.807, 2.05) is 38.7 Å². The number of carbonyl (C=O) groups is 4. The highest BCUT2D eigenvalue weighted by molar-refractivity contribution is 6.33. The van der Waals surface area contributed by atoms with Gasteiger partial charge in [0.25, 0.3) is 5.79 Å². The van der Waals surface area contributed by atoms with Crippen LogP contribution in [0.5, 0.6) is 0 Å². The van der Waals surface area contributed by atoms with Crippen LogP contribution in [0, 0.1) is 34.5 Å². The van der Waals surface area contributed by atoms with Crippen molar-refractivity contribution in [2.45, 2.75) is 66.6 Å². The van der Waals surface area contributed by atoms with E-state index in [-0.39, 0.29) is 36.4 Å². The molecule has 0 spiro atoms. The van der Waals surface area contributed by atoms with E-state index in [9.17, 15) is 19.2 Å². The van der Waals surface area contributed by atoms with Crippen molar-refractivity contribution in [1.82, 2.24) is 4.90 Å². The van der Waals surface area contributed by atoms with Gasteiger partial charge in [-0.2, -0.15) is 0 Å². The van der Waals surface area contributed by atoms with Gasteiger partial charge >= 0.3 is 11.9 Å². The summed E-state index contributed by atoms with van der Waals surface area (Å²) in [4.78, 5) is 53.6. The lowest BCUT2D eigenvalue weighted by molar-refractivity contribution is -0.258. The smallest absolute Gasteiger partial charge is 0.323 e. The summed E-state index contributed by atoms with van der Waals surface area (Å²) in [6, 6.07) is 0. The second kappa shape index (κ2) is 10.2. The first-order chi connectivity index (χ1) is 18.2. The molecule has 4 aliphatic carbocycles. The van der Waals surface area contributed by atoms with E-state index in [1.54, 1.807) is 13.0 Å². The molecule has 0 heterocycles. The van der Waals surface area contributed by atoms with Crippen molar-refractivity contribution in [3.8, 4) is 0 Å². The second-order valence-corrected chi connectivity index (χ2v) is 12.4. The lowest BCUT2D eigenvalue weighted by Crippen LogP contribution is -2.57. The van der Waals surface area contributed by atoms with Gasteiger partial charge in [-0.3, -0.25) is 24.1 Å². The Morgan fingerprint density at radius 3 is 2.33 bits per heavy atom. The molecule has 7 nitrogen and oxygen atoms in total. The standard InChI is InChI=1S/C31H40ClNO6/c1-9-33(10-2)16-27(37)39-31(38-20(6)35)15-24(19(5)34)29(7)12-11-22-21(28(29)31)13-25(32)23-14-26(36)17(3)18(4)30(22,23)8/h13-14,21-22,24,28H,3-4,9-12,15-16H2,1-2,5-8H3/t21-,22+,24-,28+,29-,30-,31?/m1/s1. The van der Waals surface area contributed by atoms with Crippen LogP contribution < -0.4 is 0 Å². The number of Topliss-reactive ketones (excluding diaryl/α,β-unsaturated/α-hetero) is 1. The van der Waals surface area contributed by atoms with Crippen molar-refractivity contribution in [3.63, 3.8) is 0 Å². The number of ether oxygens (including phenoxy) is 2. The molecule has 1 unspecified atom stereocenters. The van der Waals surface area contributed by atoms with Crippen LogP contribution in [0.4, 0.5) is 0 Å². The molecule has 0 aromatic rings. The molecule has 39 heavy (non-hydrogen) atoms. The third-order valence-electron chi connectivity index (χ3n) is 10.1. The van der Waals surface area contributed by atoms with E-state index in [0.29, 0.717) is 41.3 Å². The van der Waals surface area contributed by atoms with Gasteiger partial charge in [0.1, 0.15) is 5.78 Å². The van der Waals surface area contributed by atoms with Gasteiger partial charge in [0, 0.05) is 41.2 Å². The van der Waals surface area contributed by atoms with Gasteiger partial charge in [-0.15, -0.1) is 0 Å². The number of hydrogen-bond donors (Lipinski definition) is 0. The molecule has 2 saturated carbocycles. The normalized spacial score (nSPS) is 37.4. The summed E-state index contributed by atoms with van der Waals surface area (Å²) >= 11 is 6.90. The fourth-order valence-electron chi connectivity index (χ4n) is 8.13. The van der Waals surface area contributed by atoms with Crippen LogP contribution in [-0.2, 0) is 28.7 Å². The first-order valence-corrected chi connectivity index (χ1v) is 14.2. The third-order valence-corrected chi connectivity index (χ3v) is 10.4. The number of rotatable bonds is 7. The first kappa shape index (κ1) is 29.5. The van der Waals surface area contributed by atoms with Crippen molar-refractivity contribution in [1.29, 1.82) is 0 Å². The highest BCUT2D eigenvalue weighted by Crippen LogP contribution is 2.70. The van der Waals surface area contributed by atoms with Crippen molar-refractivity contribution in [2.75, 3.05) is 19.6 Å². The highest BCUT2D eigenvalue weighted by Gasteiger charge is 2.71. The number of likely N-dealkylation sites (N-methyl/N-ethyl adjacent to an activating group) is 1. The maximum atomic E-state index is 13.4. The zero-order chi connectivity index (χ0) is 29.1. The molecule has 0 amide bonds. The van der Waals surface area contributed by atoms with Crippen LogP contribution in [-0.4, -0.2) is 53.8 Å². The Morgan fingerprint density at radius 2 is 1.77 bits per heavy atom. The van der Waals surface area contributed by atoms with Crippen LogP contribution in [0.2, 0.25) is 0 Å². The number of esters is 2. The Kier molecular flexibility index (Phi) is 7.67. The first-order valence-electron chi connectivity index (χ1n) is 13.8. The van der Waals surface area contributed by atoms with Crippen LogP contribution in [0.3, 0.4) is 0 Å². The Labute approximate surface area is 236 Å². The van der Waals surface area contributed by atoms with Gasteiger partial charge in [0.05, 0.1) is 6.54 Å². The molecule has 212 valence electrons. The van der Waals surface area contributed by atoms with E-state index in [2.05, 4.69) is 13.2 Å². The number of carbonyl (C=O) groups excluding carboxylic acids is 4. The SMILES string of the molecule is C=C1C(=C)[C@@]2(C)C(=CC1=O)C(Cl)=C[C@H]1[C@@H]3C(OC(C)=O)(OC(=O)CN(CC)CC)C[C@H](C(C)=O)[C@@]3(C)CC[C@@H]12. The predicted molar refractivity (Wildman–Crippen MR) is 148 cm³/mol. The van der Waals surface area contributed by atoms with E-state index >= 15 is 0 Å². The van der Waals surface area contributed by atoms with E-state index in [4.69, 9.17) is 21.1 Å². The number of ketones is 2. The second-order valence-electron chi connectivity index (χ2n) is 12.0. The molecular weight excluding hydrogens is 518 g/mol. The molecule has 4 aliphatic rings. The van der Waals surface area contributed by atoms with Crippen LogP contribution in [0.1, 0.15) is 60.8 Å². The molecule has 0 bridgehead atoms. The monoisotopic (exact) mass is 557 g/mol. The molecule has 0 aromatic carbocycles. The maximum Gasteiger partial charge on any atom is 0.323 e. The van der Waals surface area contributed by atoms with Gasteiger partial charge < -0.3 is 9.47 Å². The van der Waals surface area contributed by atoms with Gasteiger partial charge in [-0.1, -0.05) is 58.5 Å². The fourth-order valence-corrected chi connectivity index (χ4v) is 8.53. The molecule has 0 N–H and O–H groups in total. The molecule has 0 aliphatic heterocycles. The minimum Gasteiger partial charge on any atom is -0.422 e. The van der Waals surface area contributed by atoms with Crippen molar-refractivity contribution >= 4 is 35.1 Å².